The van der Waals surface area contributed by atoms with Crippen LogP contribution in [0, 0.1) is 11.3 Å². The van der Waals surface area contributed by atoms with E-state index in [9.17, 15) is 0 Å². The molecule has 0 saturated carbocycles. The van der Waals surface area contributed by atoms with Crippen molar-refractivity contribution >= 4 is 11.3 Å². The van der Waals surface area contributed by atoms with Crippen molar-refractivity contribution < 1.29 is 0 Å². The van der Waals surface area contributed by atoms with Crippen molar-refractivity contribution in [3.8, 4) is 6.07 Å². The lowest BCUT2D eigenvalue weighted by atomic mass is 10.1. The van der Waals surface area contributed by atoms with E-state index >= 15 is 0 Å². The first kappa shape index (κ1) is 12.4. The van der Waals surface area contributed by atoms with E-state index < -0.39 is 0 Å². The Bertz CT molecular complexity index is 583. The molecule has 19 heavy (non-hydrogen) atoms. The van der Waals surface area contributed by atoms with Crippen LogP contribution in [0.25, 0.3) is 0 Å². The van der Waals surface area contributed by atoms with Gasteiger partial charge in [-0.3, -0.25) is 4.90 Å². The molecule has 1 aromatic heterocycles. The van der Waals surface area contributed by atoms with Gasteiger partial charge in [0.2, 0.25) is 0 Å². The number of nitrogens with zero attached hydrogens (tertiary/aromatic N) is 2. The molecule has 0 unspecified atom stereocenters. The maximum absolute atomic E-state index is 8.96. The van der Waals surface area contributed by atoms with Crippen LogP contribution < -0.4 is 0 Å². The molecule has 3 heteroatoms. The minimum absolute atomic E-state index is 0.553. The van der Waals surface area contributed by atoms with Crippen molar-refractivity contribution in [2.45, 2.75) is 25.4 Å². The number of hydrogen-bond acceptors (Lipinski definition) is 3. The number of thiophene rings is 1. The molecule has 0 amide bonds. The molecule has 1 atom stereocenters. The molecule has 1 aromatic carbocycles. The topological polar surface area (TPSA) is 27.0 Å². The van der Waals surface area contributed by atoms with Gasteiger partial charge in [0.05, 0.1) is 11.6 Å². The fourth-order valence-corrected chi connectivity index (χ4v) is 3.54. The second-order valence-corrected chi connectivity index (χ2v) is 5.78. The zero-order valence-electron chi connectivity index (χ0n) is 10.7. The fourth-order valence-electron chi connectivity index (χ4n) is 2.83. The molecule has 1 aliphatic rings. The van der Waals surface area contributed by atoms with Crippen LogP contribution >= 0.6 is 11.3 Å². The highest BCUT2D eigenvalue weighted by atomic mass is 32.1. The second kappa shape index (κ2) is 5.56. The first-order chi connectivity index (χ1) is 9.36. The normalized spacial score (nSPS) is 19.4. The Balaban J connectivity index is 1.77. The Kier molecular flexibility index (Phi) is 3.63. The van der Waals surface area contributed by atoms with Gasteiger partial charge >= 0.3 is 0 Å². The third kappa shape index (κ3) is 2.70. The molecule has 0 aliphatic carbocycles. The largest absolute Gasteiger partial charge is 0.292 e. The minimum Gasteiger partial charge on any atom is -0.292 e. The lowest BCUT2D eigenvalue weighted by Crippen LogP contribution is -2.22. The Morgan fingerprint density at radius 3 is 3.11 bits per heavy atom. The molecule has 2 nitrogen and oxygen atoms in total. The van der Waals surface area contributed by atoms with Crippen LogP contribution in [0.5, 0.6) is 0 Å². The number of rotatable bonds is 3. The van der Waals surface area contributed by atoms with Crippen molar-refractivity contribution in [3.63, 3.8) is 0 Å². The third-order valence-electron chi connectivity index (χ3n) is 3.73. The molecule has 2 aromatic rings. The molecule has 3 rings (SSSR count). The van der Waals surface area contributed by atoms with Crippen LogP contribution in [0.2, 0.25) is 0 Å². The van der Waals surface area contributed by atoms with Crippen LogP contribution in [0.4, 0.5) is 0 Å². The molecule has 1 saturated heterocycles. The van der Waals surface area contributed by atoms with E-state index in [2.05, 4.69) is 33.9 Å². The standard InChI is InChI=1S/C16H16N2S/c17-10-13-3-1-4-14(9-13)11-18-7-2-5-16(18)15-6-8-19-12-15/h1,3-4,6,8-9,12,16H,2,5,7,11H2/t16-/m1/s1. The summed E-state index contributed by atoms with van der Waals surface area (Å²) in [5.41, 5.74) is 3.43. The second-order valence-electron chi connectivity index (χ2n) is 5.00. The van der Waals surface area contributed by atoms with Gasteiger partial charge in [-0.25, -0.2) is 0 Å². The Morgan fingerprint density at radius 2 is 2.32 bits per heavy atom. The average Bonchev–Trinajstić information content (AvgIpc) is 3.09. The molecule has 1 fully saturated rings. The number of hydrogen-bond donors (Lipinski definition) is 0. The molecular formula is C16H16N2S. The molecule has 96 valence electrons. The molecule has 0 radical (unpaired) electrons. The Morgan fingerprint density at radius 1 is 1.37 bits per heavy atom. The maximum atomic E-state index is 8.96. The summed E-state index contributed by atoms with van der Waals surface area (Å²) in [6.07, 6.45) is 2.51. The summed E-state index contributed by atoms with van der Waals surface area (Å²) in [4.78, 5) is 2.53. The molecule has 2 heterocycles. The van der Waals surface area contributed by atoms with Crippen LogP contribution in [0.3, 0.4) is 0 Å². The lowest BCUT2D eigenvalue weighted by Gasteiger charge is -2.24. The number of benzene rings is 1. The van der Waals surface area contributed by atoms with E-state index in [1.54, 1.807) is 11.3 Å². The minimum atomic E-state index is 0.553. The zero-order valence-corrected chi connectivity index (χ0v) is 11.6. The van der Waals surface area contributed by atoms with Crippen molar-refractivity contribution in [2.75, 3.05) is 6.54 Å². The van der Waals surface area contributed by atoms with Crippen molar-refractivity contribution in [3.05, 3.63) is 57.8 Å². The molecule has 0 bridgehead atoms. The maximum Gasteiger partial charge on any atom is 0.0991 e. The van der Waals surface area contributed by atoms with Gasteiger partial charge in [0.25, 0.3) is 0 Å². The highest BCUT2D eigenvalue weighted by Gasteiger charge is 2.26. The first-order valence-electron chi connectivity index (χ1n) is 6.62. The summed E-state index contributed by atoms with van der Waals surface area (Å²) in [6.45, 7) is 2.09. The van der Waals surface area contributed by atoms with E-state index in [1.165, 1.54) is 24.0 Å². The molecule has 1 aliphatic heterocycles. The van der Waals surface area contributed by atoms with Crippen molar-refractivity contribution in [1.82, 2.24) is 4.90 Å². The SMILES string of the molecule is N#Cc1cccc(CN2CCC[C@@H]2c2ccsc2)c1. The van der Waals surface area contributed by atoms with Gasteiger partial charge in [0.1, 0.15) is 0 Å². The van der Waals surface area contributed by atoms with Gasteiger partial charge in [-0.2, -0.15) is 16.6 Å². The first-order valence-corrected chi connectivity index (χ1v) is 7.56. The predicted octanol–water partition coefficient (Wildman–Crippen LogP) is 3.96. The zero-order chi connectivity index (χ0) is 13.1. The predicted molar refractivity (Wildman–Crippen MR) is 77.9 cm³/mol. The van der Waals surface area contributed by atoms with Gasteiger partial charge in [0, 0.05) is 12.6 Å². The van der Waals surface area contributed by atoms with Crippen LogP contribution in [-0.4, -0.2) is 11.4 Å². The summed E-state index contributed by atoms with van der Waals surface area (Å²) in [5, 5.41) is 13.4. The smallest absolute Gasteiger partial charge is 0.0991 e. The summed E-state index contributed by atoms with van der Waals surface area (Å²) >= 11 is 1.77. The fraction of sp³-hybridized carbons (Fsp3) is 0.312. The van der Waals surface area contributed by atoms with Gasteiger partial charge < -0.3 is 0 Å². The van der Waals surface area contributed by atoms with E-state index in [1.807, 2.05) is 18.2 Å². The molecule has 0 spiro atoms. The monoisotopic (exact) mass is 268 g/mol. The lowest BCUT2D eigenvalue weighted by molar-refractivity contribution is 0.249. The number of likely N-dealkylation sites (tertiary alicyclic amines) is 1. The van der Waals surface area contributed by atoms with E-state index in [0.717, 1.165) is 18.7 Å². The molecular weight excluding hydrogens is 252 g/mol. The average molecular weight is 268 g/mol. The quantitative estimate of drug-likeness (QED) is 0.842. The van der Waals surface area contributed by atoms with Crippen LogP contribution in [0.1, 0.15) is 35.6 Å². The van der Waals surface area contributed by atoms with Gasteiger partial charge in [-0.1, -0.05) is 12.1 Å². The highest BCUT2D eigenvalue weighted by molar-refractivity contribution is 7.07. The van der Waals surface area contributed by atoms with Gasteiger partial charge in [-0.15, -0.1) is 0 Å². The highest BCUT2D eigenvalue weighted by Crippen LogP contribution is 2.34. The van der Waals surface area contributed by atoms with E-state index in [4.69, 9.17) is 5.26 Å². The van der Waals surface area contributed by atoms with E-state index in [-0.39, 0.29) is 0 Å². The Hall–Kier alpha value is -1.63. The summed E-state index contributed by atoms with van der Waals surface area (Å²) in [5.74, 6) is 0. The van der Waals surface area contributed by atoms with Crippen molar-refractivity contribution in [1.29, 1.82) is 5.26 Å². The van der Waals surface area contributed by atoms with Crippen molar-refractivity contribution in [2.24, 2.45) is 0 Å². The van der Waals surface area contributed by atoms with Crippen LogP contribution in [-0.2, 0) is 6.54 Å². The van der Waals surface area contributed by atoms with E-state index in [0.29, 0.717) is 6.04 Å². The van der Waals surface area contributed by atoms with Crippen LogP contribution in [0.15, 0.2) is 41.1 Å². The number of nitriles is 1. The van der Waals surface area contributed by atoms with Gasteiger partial charge in [-0.05, 0) is 59.5 Å². The Labute approximate surface area is 117 Å². The summed E-state index contributed by atoms with van der Waals surface area (Å²) in [7, 11) is 0. The summed E-state index contributed by atoms with van der Waals surface area (Å²) < 4.78 is 0. The van der Waals surface area contributed by atoms with Gasteiger partial charge in [0.15, 0.2) is 0 Å². The third-order valence-corrected chi connectivity index (χ3v) is 4.43. The summed E-state index contributed by atoms with van der Waals surface area (Å²) in [6, 6.07) is 13.0. The molecule has 0 N–H and O–H groups in total.